The average molecular weight is 221 g/mol. The lowest BCUT2D eigenvalue weighted by molar-refractivity contribution is -0.120. The highest BCUT2D eigenvalue weighted by molar-refractivity contribution is 5.78. The zero-order chi connectivity index (χ0) is 12.0. The maximum absolute atomic E-state index is 11.4. The summed E-state index contributed by atoms with van der Waals surface area (Å²) in [6.45, 7) is 6.93. The van der Waals surface area contributed by atoms with Crippen LogP contribution in [0, 0.1) is 6.92 Å². The Morgan fingerprint density at radius 3 is 2.88 bits per heavy atom. The summed E-state index contributed by atoms with van der Waals surface area (Å²) in [5.74, 6) is 0.0111. The average Bonchev–Trinajstić information content (AvgIpc) is 2.25. The first-order chi connectivity index (χ1) is 7.59. The first kappa shape index (κ1) is 12.6. The van der Waals surface area contributed by atoms with E-state index in [9.17, 15) is 4.79 Å². The normalized spacial score (nSPS) is 10.5. The maximum Gasteiger partial charge on any atom is 0.234 e. The van der Waals surface area contributed by atoms with Gasteiger partial charge in [0.25, 0.3) is 0 Å². The molecule has 4 nitrogen and oxygen atoms in total. The second-order valence-corrected chi connectivity index (χ2v) is 4.11. The Balaban J connectivity index is 2.35. The van der Waals surface area contributed by atoms with E-state index in [0.29, 0.717) is 19.1 Å². The quantitative estimate of drug-likeness (QED) is 0.780. The Bertz CT molecular complexity index is 350. The van der Waals surface area contributed by atoms with Gasteiger partial charge in [0.2, 0.25) is 5.91 Å². The van der Waals surface area contributed by atoms with E-state index in [0.717, 1.165) is 11.1 Å². The number of pyridine rings is 1. The van der Waals surface area contributed by atoms with Crippen LogP contribution in [0.3, 0.4) is 0 Å². The second-order valence-electron chi connectivity index (χ2n) is 4.11. The monoisotopic (exact) mass is 221 g/mol. The molecule has 0 bridgehead atoms. The van der Waals surface area contributed by atoms with Crippen molar-refractivity contribution in [1.82, 2.24) is 15.6 Å². The fraction of sp³-hybridized carbons (Fsp3) is 0.500. The predicted molar refractivity (Wildman–Crippen MR) is 64.0 cm³/mol. The molecule has 0 unspecified atom stereocenters. The van der Waals surface area contributed by atoms with Gasteiger partial charge in [0.05, 0.1) is 6.54 Å². The van der Waals surface area contributed by atoms with Gasteiger partial charge in [-0.3, -0.25) is 9.78 Å². The van der Waals surface area contributed by atoms with Crippen molar-refractivity contribution < 1.29 is 4.79 Å². The highest BCUT2D eigenvalue weighted by Crippen LogP contribution is 2.03. The Hall–Kier alpha value is -1.42. The summed E-state index contributed by atoms with van der Waals surface area (Å²) in [6, 6.07) is 2.26. The SMILES string of the molecule is Cc1ccncc1CNC(=O)CNC(C)C. The minimum absolute atomic E-state index is 0.0111. The third kappa shape index (κ3) is 4.40. The number of aryl methyl sites for hydroxylation is 1. The van der Waals surface area contributed by atoms with Gasteiger partial charge in [-0.05, 0) is 24.1 Å². The zero-order valence-electron chi connectivity index (χ0n) is 10.1. The lowest BCUT2D eigenvalue weighted by Crippen LogP contribution is -2.36. The topological polar surface area (TPSA) is 54.0 Å². The van der Waals surface area contributed by atoms with E-state index in [-0.39, 0.29) is 5.91 Å². The molecule has 0 saturated heterocycles. The zero-order valence-corrected chi connectivity index (χ0v) is 10.1. The molecule has 1 aromatic rings. The summed E-state index contributed by atoms with van der Waals surface area (Å²) in [4.78, 5) is 15.5. The third-order valence-electron chi connectivity index (χ3n) is 2.29. The Kier molecular flexibility index (Phi) is 4.92. The number of carbonyl (C=O) groups is 1. The smallest absolute Gasteiger partial charge is 0.234 e. The standard InChI is InChI=1S/C12H19N3O/c1-9(2)14-8-12(16)15-7-11-6-13-5-4-10(11)3/h4-6,9,14H,7-8H2,1-3H3,(H,15,16). The van der Waals surface area contributed by atoms with Gasteiger partial charge in [-0.1, -0.05) is 13.8 Å². The molecular weight excluding hydrogens is 202 g/mol. The van der Waals surface area contributed by atoms with Crippen molar-refractivity contribution >= 4 is 5.91 Å². The van der Waals surface area contributed by atoms with Gasteiger partial charge in [-0.25, -0.2) is 0 Å². The molecule has 0 spiro atoms. The van der Waals surface area contributed by atoms with Crippen LogP contribution in [-0.2, 0) is 11.3 Å². The van der Waals surface area contributed by atoms with Crippen molar-refractivity contribution in [1.29, 1.82) is 0 Å². The Morgan fingerprint density at radius 2 is 2.25 bits per heavy atom. The predicted octanol–water partition coefficient (Wildman–Crippen LogP) is 1.00. The van der Waals surface area contributed by atoms with Crippen LogP contribution in [0.4, 0.5) is 0 Å². The first-order valence-electron chi connectivity index (χ1n) is 5.49. The number of aromatic nitrogens is 1. The fourth-order valence-electron chi connectivity index (χ4n) is 1.23. The lowest BCUT2D eigenvalue weighted by Gasteiger charge is -2.09. The van der Waals surface area contributed by atoms with Gasteiger partial charge >= 0.3 is 0 Å². The molecule has 16 heavy (non-hydrogen) atoms. The van der Waals surface area contributed by atoms with Crippen molar-refractivity contribution in [3.05, 3.63) is 29.6 Å². The molecule has 1 rings (SSSR count). The van der Waals surface area contributed by atoms with E-state index >= 15 is 0 Å². The molecule has 0 fully saturated rings. The molecule has 0 aliphatic heterocycles. The molecule has 0 saturated carbocycles. The molecule has 0 aliphatic carbocycles. The maximum atomic E-state index is 11.4. The van der Waals surface area contributed by atoms with Crippen LogP contribution >= 0.6 is 0 Å². The van der Waals surface area contributed by atoms with E-state index in [1.54, 1.807) is 12.4 Å². The summed E-state index contributed by atoms with van der Waals surface area (Å²) < 4.78 is 0. The molecule has 88 valence electrons. The lowest BCUT2D eigenvalue weighted by atomic mass is 10.1. The Labute approximate surface area is 96.5 Å². The number of hydrogen-bond acceptors (Lipinski definition) is 3. The summed E-state index contributed by atoms with van der Waals surface area (Å²) in [7, 11) is 0. The molecule has 0 atom stereocenters. The van der Waals surface area contributed by atoms with E-state index in [1.807, 2.05) is 26.8 Å². The van der Waals surface area contributed by atoms with Crippen LogP contribution in [0.1, 0.15) is 25.0 Å². The van der Waals surface area contributed by atoms with Crippen LogP contribution < -0.4 is 10.6 Å². The number of amides is 1. The van der Waals surface area contributed by atoms with E-state index in [2.05, 4.69) is 15.6 Å². The Morgan fingerprint density at radius 1 is 1.50 bits per heavy atom. The van der Waals surface area contributed by atoms with Crippen LogP contribution in [0.15, 0.2) is 18.5 Å². The van der Waals surface area contributed by atoms with E-state index in [1.165, 1.54) is 0 Å². The van der Waals surface area contributed by atoms with Crippen molar-refractivity contribution in [3.8, 4) is 0 Å². The molecular formula is C12H19N3O. The van der Waals surface area contributed by atoms with Gasteiger partial charge in [0.1, 0.15) is 0 Å². The van der Waals surface area contributed by atoms with Gasteiger partial charge < -0.3 is 10.6 Å². The van der Waals surface area contributed by atoms with Gasteiger partial charge in [-0.15, -0.1) is 0 Å². The van der Waals surface area contributed by atoms with Crippen LogP contribution in [0.2, 0.25) is 0 Å². The number of nitrogens with zero attached hydrogens (tertiary/aromatic N) is 1. The first-order valence-corrected chi connectivity index (χ1v) is 5.49. The molecule has 0 aliphatic rings. The van der Waals surface area contributed by atoms with Crippen LogP contribution in [0.25, 0.3) is 0 Å². The molecule has 2 N–H and O–H groups in total. The molecule has 4 heteroatoms. The van der Waals surface area contributed by atoms with Gasteiger partial charge in [0.15, 0.2) is 0 Å². The molecule has 1 aromatic heterocycles. The largest absolute Gasteiger partial charge is 0.351 e. The highest BCUT2D eigenvalue weighted by Gasteiger charge is 2.03. The van der Waals surface area contributed by atoms with E-state index in [4.69, 9.17) is 0 Å². The molecule has 0 radical (unpaired) electrons. The van der Waals surface area contributed by atoms with Crippen molar-refractivity contribution in [2.45, 2.75) is 33.4 Å². The molecule has 0 aromatic carbocycles. The summed E-state index contributed by atoms with van der Waals surface area (Å²) in [5.41, 5.74) is 2.20. The van der Waals surface area contributed by atoms with Crippen molar-refractivity contribution in [2.24, 2.45) is 0 Å². The number of hydrogen-bond donors (Lipinski definition) is 2. The van der Waals surface area contributed by atoms with Crippen LogP contribution in [-0.4, -0.2) is 23.5 Å². The summed E-state index contributed by atoms with van der Waals surface area (Å²) in [6.07, 6.45) is 3.53. The highest BCUT2D eigenvalue weighted by atomic mass is 16.1. The number of nitrogens with one attached hydrogen (secondary N) is 2. The fourth-order valence-corrected chi connectivity index (χ4v) is 1.23. The van der Waals surface area contributed by atoms with E-state index < -0.39 is 0 Å². The van der Waals surface area contributed by atoms with Crippen molar-refractivity contribution in [2.75, 3.05) is 6.54 Å². The third-order valence-corrected chi connectivity index (χ3v) is 2.29. The second kappa shape index (κ2) is 6.23. The van der Waals surface area contributed by atoms with Crippen molar-refractivity contribution in [3.63, 3.8) is 0 Å². The van der Waals surface area contributed by atoms with Gasteiger partial charge in [-0.2, -0.15) is 0 Å². The van der Waals surface area contributed by atoms with Crippen LogP contribution in [0.5, 0.6) is 0 Å². The summed E-state index contributed by atoms with van der Waals surface area (Å²) in [5, 5.41) is 5.92. The number of carbonyl (C=O) groups excluding carboxylic acids is 1. The minimum atomic E-state index is 0.0111. The minimum Gasteiger partial charge on any atom is -0.351 e. The molecule has 1 amide bonds. The molecule has 1 heterocycles. The number of rotatable bonds is 5. The van der Waals surface area contributed by atoms with Gasteiger partial charge in [0, 0.05) is 25.0 Å². The summed E-state index contributed by atoms with van der Waals surface area (Å²) >= 11 is 0.